The van der Waals surface area contributed by atoms with Gasteiger partial charge in [-0.25, -0.2) is 0 Å². The highest BCUT2D eigenvalue weighted by Gasteiger charge is 2.10. The summed E-state index contributed by atoms with van der Waals surface area (Å²) < 4.78 is 2.06. The van der Waals surface area contributed by atoms with Gasteiger partial charge in [0.1, 0.15) is 0 Å². The van der Waals surface area contributed by atoms with Gasteiger partial charge >= 0.3 is 0 Å². The van der Waals surface area contributed by atoms with Crippen LogP contribution >= 0.6 is 23.4 Å². The Balaban J connectivity index is 1.70. The number of benzene rings is 2. The lowest BCUT2D eigenvalue weighted by Gasteiger charge is -2.07. The molecule has 1 amide bonds. The first kappa shape index (κ1) is 17.4. The molecular weight excluding hydrogens is 356 g/mol. The van der Waals surface area contributed by atoms with E-state index < -0.39 is 0 Å². The molecule has 0 radical (unpaired) electrons. The molecular formula is C18H17ClN4OS. The standard InChI is InChI=1S/C18H17ClN4OS/c19-13-7-5-12(6-8-13)17(24)22-9-10-23-11-16(25-18(20)21)14-3-1-2-4-15(14)23/h1-8,11H,9-10H2,(H3,20,21)(H,22,24). The average Bonchev–Trinajstić information content (AvgIpc) is 2.93. The third-order valence-electron chi connectivity index (χ3n) is 3.72. The Labute approximate surface area is 154 Å². The number of fused-ring (bicyclic) bond motifs is 1. The summed E-state index contributed by atoms with van der Waals surface area (Å²) >= 11 is 7.06. The third-order valence-corrected chi connectivity index (χ3v) is 4.73. The Morgan fingerprint density at radius 3 is 2.64 bits per heavy atom. The fourth-order valence-corrected chi connectivity index (χ4v) is 3.42. The number of halogens is 1. The highest BCUT2D eigenvalue weighted by atomic mass is 35.5. The van der Waals surface area contributed by atoms with Crippen molar-refractivity contribution in [2.75, 3.05) is 6.54 Å². The summed E-state index contributed by atoms with van der Waals surface area (Å²) in [7, 11) is 0. The zero-order valence-corrected chi connectivity index (χ0v) is 14.9. The minimum Gasteiger partial charge on any atom is -0.378 e. The molecule has 1 aromatic heterocycles. The molecule has 5 nitrogen and oxygen atoms in total. The first-order chi connectivity index (χ1) is 12.0. The molecule has 0 saturated heterocycles. The van der Waals surface area contributed by atoms with E-state index in [4.69, 9.17) is 22.7 Å². The molecule has 0 aliphatic carbocycles. The summed E-state index contributed by atoms with van der Waals surface area (Å²) in [5.74, 6) is -0.133. The molecule has 1 heterocycles. The molecule has 2 aromatic carbocycles. The first-order valence-corrected chi connectivity index (χ1v) is 8.87. The largest absolute Gasteiger partial charge is 0.378 e. The number of carbonyl (C=O) groups excluding carboxylic acids is 1. The Morgan fingerprint density at radius 1 is 1.20 bits per heavy atom. The maximum atomic E-state index is 12.1. The number of nitrogens with zero attached hydrogens (tertiary/aromatic N) is 1. The van der Waals surface area contributed by atoms with E-state index in [1.165, 1.54) is 11.8 Å². The number of nitrogens with two attached hydrogens (primary N) is 1. The van der Waals surface area contributed by atoms with Crippen molar-refractivity contribution in [1.29, 1.82) is 5.41 Å². The van der Waals surface area contributed by atoms with Crippen molar-refractivity contribution in [3.63, 3.8) is 0 Å². The van der Waals surface area contributed by atoms with Crippen LogP contribution in [-0.4, -0.2) is 22.2 Å². The van der Waals surface area contributed by atoms with Crippen LogP contribution in [-0.2, 0) is 6.54 Å². The van der Waals surface area contributed by atoms with Crippen LogP contribution in [0.2, 0.25) is 5.02 Å². The van der Waals surface area contributed by atoms with Crippen LogP contribution in [0.4, 0.5) is 0 Å². The van der Waals surface area contributed by atoms with E-state index >= 15 is 0 Å². The van der Waals surface area contributed by atoms with Gasteiger partial charge in [-0.3, -0.25) is 10.2 Å². The monoisotopic (exact) mass is 372 g/mol. The van der Waals surface area contributed by atoms with Gasteiger partial charge in [0.05, 0.1) is 0 Å². The zero-order chi connectivity index (χ0) is 17.8. The second-order valence-corrected chi connectivity index (χ2v) is 6.95. The molecule has 4 N–H and O–H groups in total. The first-order valence-electron chi connectivity index (χ1n) is 7.68. The van der Waals surface area contributed by atoms with Gasteiger partial charge in [0.25, 0.3) is 5.91 Å². The fourth-order valence-electron chi connectivity index (χ4n) is 2.59. The van der Waals surface area contributed by atoms with Gasteiger partial charge in [0, 0.05) is 45.7 Å². The Kier molecular flexibility index (Phi) is 5.31. The third kappa shape index (κ3) is 4.15. The van der Waals surface area contributed by atoms with Crippen LogP contribution in [0.5, 0.6) is 0 Å². The lowest BCUT2D eigenvalue weighted by Crippen LogP contribution is -2.27. The summed E-state index contributed by atoms with van der Waals surface area (Å²) in [5, 5.41) is 12.1. The topological polar surface area (TPSA) is 83.9 Å². The molecule has 0 spiro atoms. The normalized spacial score (nSPS) is 10.8. The van der Waals surface area contributed by atoms with Crippen LogP contribution in [0.25, 0.3) is 10.9 Å². The van der Waals surface area contributed by atoms with Crippen LogP contribution in [0, 0.1) is 5.41 Å². The van der Waals surface area contributed by atoms with Crippen molar-refractivity contribution >= 4 is 45.3 Å². The van der Waals surface area contributed by atoms with Gasteiger partial charge in [-0.1, -0.05) is 41.6 Å². The Hall–Kier alpha value is -2.44. The summed E-state index contributed by atoms with van der Waals surface area (Å²) in [6, 6.07) is 14.7. The predicted molar refractivity (Wildman–Crippen MR) is 103 cm³/mol. The Morgan fingerprint density at radius 2 is 1.92 bits per heavy atom. The van der Waals surface area contributed by atoms with Crippen LogP contribution < -0.4 is 11.1 Å². The van der Waals surface area contributed by atoms with Gasteiger partial charge < -0.3 is 15.6 Å². The van der Waals surface area contributed by atoms with E-state index in [2.05, 4.69) is 9.88 Å². The van der Waals surface area contributed by atoms with Crippen LogP contribution in [0.3, 0.4) is 0 Å². The zero-order valence-electron chi connectivity index (χ0n) is 13.3. The van der Waals surface area contributed by atoms with Crippen molar-refractivity contribution in [3.05, 3.63) is 65.3 Å². The highest BCUT2D eigenvalue weighted by molar-refractivity contribution is 8.13. The Bertz CT molecular complexity index is 920. The number of hydrogen-bond donors (Lipinski definition) is 3. The lowest BCUT2D eigenvalue weighted by atomic mass is 10.2. The van der Waals surface area contributed by atoms with E-state index in [0.29, 0.717) is 23.7 Å². The van der Waals surface area contributed by atoms with Crippen molar-refractivity contribution in [1.82, 2.24) is 9.88 Å². The summed E-state index contributed by atoms with van der Waals surface area (Å²) in [4.78, 5) is 13.1. The highest BCUT2D eigenvalue weighted by Crippen LogP contribution is 2.29. The van der Waals surface area contributed by atoms with Gasteiger partial charge in [-0.2, -0.15) is 0 Å². The molecule has 0 unspecified atom stereocenters. The summed E-state index contributed by atoms with van der Waals surface area (Å²) in [6.45, 7) is 1.11. The molecule has 0 atom stereocenters. The number of rotatable bonds is 5. The van der Waals surface area contributed by atoms with Crippen molar-refractivity contribution < 1.29 is 4.79 Å². The summed E-state index contributed by atoms with van der Waals surface area (Å²) in [5.41, 5.74) is 7.14. The number of carbonyl (C=O) groups is 1. The number of amidine groups is 1. The maximum absolute atomic E-state index is 12.1. The van der Waals surface area contributed by atoms with Gasteiger partial charge in [0.2, 0.25) is 0 Å². The van der Waals surface area contributed by atoms with E-state index in [-0.39, 0.29) is 11.1 Å². The van der Waals surface area contributed by atoms with Crippen LogP contribution in [0.15, 0.2) is 59.6 Å². The lowest BCUT2D eigenvalue weighted by molar-refractivity contribution is 0.0952. The SMILES string of the molecule is N=C(N)Sc1cn(CCNC(=O)c2ccc(Cl)cc2)c2ccccc12. The number of thioether (sulfide) groups is 1. The minimum absolute atomic E-state index is 0.0546. The molecule has 3 rings (SSSR count). The number of hydrogen-bond acceptors (Lipinski definition) is 3. The number of amides is 1. The molecule has 128 valence electrons. The number of para-hydroxylation sites is 1. The molecule has 3 aromatic rings. The average molecular weight is 373 g/mol. The second kappa shape index (κ2) is 7.63. The molecule has 0 bridgehead atoms. The van der Waals surface area contributed by atoms with Gasteiger partial charge in [0.15, 0.2) is 5.17 Å². The van der Waals surface area contributed by atoms with E-state index in [1.807, 2.05) is 30.5 Å². The predicted octanol–water partition coefficient (Wildman–Crippen LogP) is 3.71. The van der Waals surface area contributed by atoms with Crippen molar-refractivity contribution in [3.8, 4) is 0 Å². The van der Waals surface area contributed by atoms with E-state index in [1.54, 1.807) is 24.3 Å². The molecule has 7 heteroatoms. The molecule has 0 aliphatic heterocycles. The maximum Gasteiger partial charge on any atom is 0.251 e. The quantitative estimate of drug-likeness (QED) is 0.362. The van der Waals surface area contributed by atoms with Gasteiger partial charge in [-0.05, 0) is 30.3 Å². The van der Waals surface area contributed by atoms with Crippen molar-refractivity contribution in [2.24, 2.45) is 5.73 Å². The van der Waals surface area contributed by atoms with Crippen molar-refractivity contribution in [2.45, 2.75) is 11.4 Å². The van der Waals surface area contributed by atoms with E-state index in [0.717, 1.165) is 15.8 Å². The smallest absolute Gasteiger partial charge is 0.251 e. The second-order valence-electron chi connectivity index (χ2n) is 5.43. The minimum atomic E-state index is -0.133. The molecule has 25 heavy (non-hydrogen) atoms. The van der Waals surface area contributed by atoms with Gasteiger partial charge in [-0.15, -0.1) is 0 Å². The molecule has 0 saturated carbocycles. The van der Waals surface area contributed by atoms with E-state index in [9.17, 15) is 4.79 Å². The fraction of sp³-hybridized carbons (Fsp3) is 0.111. The molecule has 0 aliphatic rings. The number of nitrogens with one attached hydrogen (secondary N) is 2. The number of aromatic nitrogens is 1. The summed E-state index contributed by atoms with van der Waals surface area (Å²) in [6.07, 6.45) is 1.96. The van der Waals surface area contributed by atoms with Crippen LogP contribution in [0.1, 0.15) is 10.4 Å². The molecule has 0 fully saturated rings.